The highest BCUT2D eigenvalue weighted by molar-refractivity contribution is 6.15. The average Bonchev–Trinajstić information content (AvgIpc) is 2.05. The molecule has 0 radical (unpaired) electrons. The summed E-state index contributed by atoms with van der Waals surface area (Å²) in [4.78, 5) is 17.7. The van der Waals surface area contributed by atoms with Gasteiger partial charge >= 0.3 is 5.97 Å². The Morgan fingerprint density at radius 2 is 2.10 bits per heavy atom. The van der Waals surface area contributed by atoms with Crippen LogP contribution in [0.1, 0.15) is 10.4 Å². The predicted molar refractivity (Wildman–Crippen MR) is 33.3 cm³/mol. The molecule has 0 spiro atoms. The molecule has 0 amide bonds. The van der Waals surface area contributed by atoms with E-state index in [2.05, 4.69) is 14.3 Å². The van der Waals surface area contributed by atoms with Gasteiger partial charge in [-0.25, -0.2) is 14.8 Å². The lowest BCUT2D eigenvalue weighted by atomic mass is 10.4. The summed E-state index contributed by atoms with van der Waals surface area (Å²) in [6.07, 6.45) is 3.94. The smallest absolute Gasteiger partial charge is 0.343 e. The zero-order chi connectivity index (χ0) is 7.40. The molecule has 4 nitrogen and oxygen atoms in total. The van der Waals surface area contributed by atoms with Gasteiger partial charge in [-0.05, 0) is 0 Å². The number of halogens is 1. The van der Waals surface area contributed by atoms with Crippen LogP contribution in [0.3, 0.4) is 0 Å². The van der Waals surface area contributed by atoms with Crippen LogP contribution < -0.4 is 0 Å². The Hall–Kier alpha value is -1.16. The van der Waals surface area contributed by atoms with Gasteiger partial charge in [0.25, 0.3) is 0 Å². The van der Waals surface area contributed by atoms with Gasteiger partial charge in [0, 0.05) is 12.4 Å². The first kappa shape index (κ1) is 6.95. The Labute approximate surface area is 62.0 Å². The van der Waals surface area contributed by atoms with Gasteiger partial charge in [-0.15, -0.1) is 0 Å². The molecule has 0 aliphatic carbocycles. The van der Waals surface area contributed by atoms with E-state index in [0.717, 1.165) is 0 Å². The molecule has 0 aromatic carbocycles. The van der Waals surface area contributed by atoms with E-state index < -0.39 is 5.97 Å². The minimum Gasteiger partial charge on any atom is -0.343 e. The molecular weight excluding hydrogens is 156 g/mol. The van der Waals surface area contributed by atoms with Gasteiger partial charge < -0.3 is 4.29 Å². The van der Waals surface area contributed by atoms with Crippen LogP contribution in [0.25, 0.3) is 0 Å². The van der Waals surface area contributed by atoms with Crippen LogP contribution in [0.4, 0.5) is 0 Å². The molecule has 0 fully saturated rings. The molecule has 0 unspecified atom stereocenters. The first-order valence-electron chi connectivity index (χ1n) is 2.42. The Morgan fingerprint density at radius 1 is 1.50 bits per heavy atom. The van der Waals surface area contributed by atoms with Crippen molar-refractivity contribution >= 4 is 17.8 Å². The van der Waals surface area contributed by atoms with E-state index in [4.69, 9.17) is 11.9 Å². The fraction of sp³-hybridized carbons (Fsp3) is 0. The maximum absolute atomic E-state index is 10.6. The summed E-state index contributed by atoms with van der Waals surface area (Å²) in [7, 11) is 0. The van der Waals surface area contributed by atoms with Gasteiger partial charge in [0.1, 0.15) is 18.2 Å². The quantitative estimate of drug-likeness (QED) is 0.606. The standard InChI is InChI=1S/C5H3ClN2O2/c6-10-5(9)4-1-7-3-8-2-4/h1-3H. The van der Waals surface area contributed by atoms with Gasteiger partial charge in [0.2, 0.25) is 0 Å². The maximum atomic E-state index is 10.6. The fourth-order valence-electron chi connectivity index (χ4n) is 0.449. The third kappa shape index (κ3) is 1.41. The monoisotopic (exact) mass is 158 g/mol. The van der Waals surface area contributed by atoms with Crippen molar-refractivity contribution in [2.24, 2.45) is 0 Å². The van der Waals surface area contributed by atoms with Crippen molar-refractivity contribution in [2.45, 2.75) is 0 Å². The van der Waals surface area contributed by atoms with Crippen LogP contribution in [0, 0.1) is 0 Å². The van der Waals surface area contributed by atoms with Crippen molar-refractivity contribution in [1.82, 2.24) is 9.97 Å². The zero-order valence-electron chi connectivity index (χ0n) is 4.82. The molecule has 0 aliphatic heterocycles. The van der Waals surface area contributed by atoms with E-state index in [9.17, 15) is 4.79 Å². The SMILES string of the molecule is O=C(OCl)c1cncnc1. The van der Waals surface area contributed by atoms with E-state index in [1.165, 1.54) is 18.7 Å². The number of hydrogen-bond acceptors (Lipinski definition) is 4. The molecule has 0 N–H and O–H groups in total. The molecular formula is C5H3ClN2O2. The van der Waals surface area contributed by atoms with Gasteiger partial charge in [-0.3, -0.25) is 0 Å². The topological polar surface area (TPSA) is 52.1 Å². The van der Waals surface area contributed by atoms with Crippen molar-refractivity contribution in [3.8, 4) is 0 Å². The highest BCUT2D eigenvalue weighted by atomic mass is 35.5. The molecule has 1 aromatic rings. The number of carbonyl (C=O) groups excluding carboxylic acids is 1. The normalized spacial score (nSPS) is 8.90. The highest BCUT2D eigenvalue weighted by Gasteiger charge is 2.04. The van der Waals surface area contributed by atoms with Crippen molar-refractivity contribution in [2.75, 3.05) is 0 Å². The van der Waals surface area contributed by atoms with E-state index in [-0.39, 0.29) is 5.56 Å². The molecule has 0 atom stereocenters. The minimum atomic E-state index is -0.651. The predicted octanol–water partition coefficient (Wildman–Crippen LogP) is 0.787. The summed E-state index contributed by atoms with van der Waals surface area (Å²) in [6, 6.07) is 0. The zero-order valence-corrected chi connectivity index (χ0v) is 5.58. The molecule has 0 saturated heterocycles. The largest absolute Gasteiger partial charge is 0.359 e. The maximum Gasteiger partial charge on any atom is 0.359 e. The molecule has 1 rings (SSSR count). The van der Waals surface area contributed by atoms with Crippen LogP contribution in [-0.4, -0.2) is 15.9 Å². The number of nitrogens with zero attached hydrogens (tertiary/aromatic N) is 2. The first-order valence-corrected chi connectivity index (χ1v) is 2.73. The van der Waals surface area contributed by atoms with E-state index >= 15 is 0 Å². The van der Waals surface area contributed by atoms with Gasteiger partial charge in [0.05, 0.1) is 5.56 Å². The van der Waals surface area contributed by atoms with Crippen LogP contribution in [0.5, 0.6) is 0 Å². The first-order chi connectivity index (χ1) is 4.84. The molecule has 0 aliphatic rings. The summed E-state index contributed by atoms with van der Waals surface area (Å²) < 4.78 is 3.89. The Balaban J connectivity index is 2.85. The summed E-state index contributed by atoms with van der Waals surface area (Å²) in [5.41, 5.74) is 0.234. The third-order valence-corrected chi connectivity index (χ3v) is 1.01. The van der Waals surface area contributed by atoms with Crippen molar-refractivity contribution in [3.63, 3.8) is 0 Å². The van der Waals surface area contributed by atoms with E-state index in [0.29, 0.717) is 0 Å². The summed E-state index contributed by atoms with van der Waals surface area (Å²) in [6.45, 7) is 0. The van der Waals surface area contributed by atoms with Crippen molar-refractivity contribution in [3.05, 3.63) is 24.3 Å². The van der Waals surface area contributed by atoms with E-state index in [1.807, 2.05) is 0 Å². The lowest BCUT2D eigenvalue weighted by Crippen LogP contribution is -1.98. The lowest BCUT2D eigenvalue weighted by Gasteiger charge is -1.91. The Kier molecular flexibility index (Phi) is 2.17. The molecule has 1 heterocycles. The number of aromatic nitrogens is 2. The van der Waals surface area contributed by atoms with Gasteiger partial charge in [0.15, 0.2) is 0 Å². The second-order valence-corrected chi connectivity index (χ2v) is 1.65. The van der Waals surface area contributed by atoms with Crippen LogP contribution in [-0.2, 0) is 4.29 Å². The highest BCUT2D eigenvalue weighted by Crippen LogP contribution is 1.97. The number of hydrogen-bond donors (Lipinski definition) is 0. The molecule has 0 bridgehead atoms. The molecule has 5 heteroatoms. The van der Waals surface area contributed by atoms with Crippen LogP contribution in [0.15, 0.2) is 18.7 Å². The van der Waals surface area contributed by atoms with Gasteiger partial charge in [-0.2, -0.15) is 0 Å². The number of rotatable bonds is 1. The molecule has 1 aromatic heterocycles. The average molecular weight is 159 g/mol. The van der Waals surface area contributed by atoms with Crippen molar-refractivity contribution in [1.29, 1.82) is 0 Å². The van der Waals surface area contributed by atoms with Crippen molar-refractivity contribution < 1.29 is 9.08 Å². The summed E-state index contributed by atoms with van der Waals surface area (Å²) >= 11 is 4.78. The van der Waals surface area contributed by atoms with Crippen LogP contribution in [0.2, 0.25) is 0 Å². The fourth-order valence-corrected chi connectivity index (χ4v) is 0.538. The Morgan fingerprint density at radius 3 is 2.60 bits per heavy atom. The molecule has 10 heavy (non-hydrogen) atoms. The second kappa shape index (κ2) is 3.12. The van der Waals surface area contributed by atoms with Gasteiger partial charge in [-0.1, -0.05) is 0 Å². The summed E-state index contributed by atoms with van der Waals surface area (Å²) in [5, 5.41) is 0. The second-order valence-electron chi connectivity index (χ2n) is 1.49. The third-order valence-electron chi connectivity index (χ3n) is 0.866. The summed E-state index contributed by atoms with van der Waals surface area (Å²) in [5.74, 6) is -0.651. The van der Waals surface area contributed by atoms with E-state index in [1.54, 1.807) is 0 Å². The lowest BCUT2D eigenvalue weighted by molar-refractivity contribution is 0.0750. The Bertz CT molecular complexity index is 226. The molecule has 52 valence electrons. The minimum absolute atomic E-state index is 0.234. The number of carbonyl (C=O) groups is 1. The molecule has 0 saturated carbocycles. The van der Waals surface area contributed by atoms with Crippen LogP contribution >= 0.6 is 11.9 Å².